The summed E-state index contributed by atoms with van der Waals surface area (Å²) >= 11 is 0. The van der Waals surface area contributed by atoms with Crippen LogP contribution in [0, 0.1) is 5.92 Å². The number of carboxylic acids is 1. The highest BCUT2D eigenvalue weighted by atomic mass is 16.4. The molecule has 1 amide bonds. The van der Waals surface area contributed by atoms with Crippen LogP contribution in [-0.2, 0) is 4.79 Å². The maximum atomic E-state index is 12.3. The number of nitrogens with zero attached hydrogens (tertiary/aromatic N) is 1. The van der Waals surface area contributed by atoms with E-state index >= 15 is 0 Å². The molecule has 1 aromatic rings. The van der Waals surface area contributed by atoms with Gasteiger partial charge >= 0.3 is 5.97 Å². The average molecular weight is 289 g/mol. The number of aromatic carboxylic acids is 1. The number of hydrogen-bond donors (Lipinski definition) is 1. The van der Waals surface area contributed by atoms with Crippen molar-refractivity contribution < 1.29 is 14.7 Å². The number of hydrogen-bond acceptors (Lipinski definition) is 2. The van der Waals surface area contributed by atoms with Crippen LogP contribution < -0.4 is 4.90 Å². The first kappa shape index (κ1) is 15.5. The molecule has 1 aromatic carbocycles. The fourth-order valence-electron chi connectivity index (χ4n) is 3.05. The zero-order valence-electron chi connectivity index (χ0n) is 12.5. The van der Waals surface area contributed by atoms with E-state index in [1.165, 1.54) is 43.1 Å². The monoisotopic (exact) mass is 289 g/mol. The van der Waals surface area contributed by atoms with Crippen molar-refractivity contribution in [1.82, 2.24) is 0 Å². The number of anilines is 1. The standard InChI is InChI=1S/C17H23NO3/c1-18(15-10-6-5-9-14(15)17(20)21)16(19)12-11-13-7-3-2-4-8-13/h5-6,9-10,13H,2-4,7-8,11-12H2,1H3,(H,20,21). The Kier molecular flexibility index (Phi) is 5.37. The highest BCUT2D eigenvalue weighted by Crippen LogP contribution is 2.28. The SMILES string of the molecule is CN(C(=O)CCC1CCCCC1)c1ccccc1C(=O)O. The van der Waals surface area contributed by atoms with E-state index in [4.69, 9.17) is 0 Å². The van der Waals surface area contributed by atoms with Gasteiger partial charge in [0.2, 0.25) is 5.91 Å². The molecule has 114 valence electrons. The highest BCUT2D eigenvalue weighted by molar-refractivity contribution is 6.01. The molecular weight excluding hydrogens is 266 g/mol. The molecule has 1 N–H and O–H groups in total. The lowest BCUT2D eigenvalue weighted by Gasteiger charge is -2.23. The molecule has 0 radical (unpaired) electrons. The molecule has 1 aliphatic carbocycles. The molecule has 1 saturated carbocycles. The lowest BCUT2D eigenvalue weighted by Crippen LogP contribution is -2.28. The number of para-hydroxylation sites is 1. The fourth-order valence-corrected chi connectivity index (χ4v) is 3.05. The Morgan fingerprint density at radius 2 is 1.86 bits per heavy atom. The van der Waals surface area contributed by atoms with Crippen LogP contribution in [0.4, 0.5) is 5.69 Å². The number of benzene rings is 1. The van der Waals surface area contributed by atoms with Crippen molar-refractivity contribution in [2.45, 2.75) is 44.9 Å². The summed E-state index contributed by atoms with van der Waals surface area (Å²) in [4.78, 5) is 25.0. The largest absolute Gasteiger partial charge is 0.478 e. The van der Waals surface area contributed by atoms with Crippen LogP contribution in [0.15, 0.2) is 24.3 Å². The minimum atomic E-state index is -1.00. The Hall–Kier alpha value is -1.84. The average Bonchev–Trinajstić information content (AvgIpc) is 2.52. The Bertz CT molecular complexity index is 507. The van der Waals surface area contributed by atoms with Crippen molar-refractivity contribution in [3.8, 4) is 0 Å². The molecular formula is C17H23NO3. The van der Waals surface area contributed by atoms with Crippen molar-refractivity contribution in [3.05, 3.63) is 29.8 Å². The summed E-state index contributed by atoms with van der Waals surface area (Å²) in [6.07, 6.45) is 7.72. The Balaban J connectivity index is 1.97. The maximum absolute atomic E-state index is 12.3. The Labute approximate surface area is 125 Å². The van der Waals surface area contributed by atoms with Crippen molar-refractivity contribution in [1.29, 1.82) is 0 Å². The summed E-state index contributed by atoms with van der Waals surface area (Å²) in [5, 5.41) is 9.19. The third kappa shape index (κ3) is 4.06. The fraction of sp³-hybridized carbons (Fsp3) is 0.529. The first-order valence-corrected chi connectivity index (χ1v) is 7.68. The minimum absolute atomic E-state index is 0.00530. The van der Waals surface area contributed by atoms with E-state index in [0.29, 0.717) is 18.0 Å². The van der Waals surface area contributed by atoms with Crippen LogP contribution in [0.2, 0.25) is 0 Å². The molecule has 0 aliphatic heterocycles. The van der Waals surface area contributed by atoms with Crippen LogP contribution in [0.5, 0.6) is 0 Å². The van der Waals surface area contributed by atoms with Gasteiger partial charge < -0.3 is 10.0 Å². The summed E-state index contributed by atoms with van der Waals surface area (Å²) in [7, 11) is 1.66. The van der Waals surface area contributed by atoms with Gasteiger partial charge in [0.1, 0.15) is 0 Å². The van der Waals surface area contributed by atoms with Gasteiger partial charge in [-0.25, -0.2) is 4.79 Å². The molecule has 4 nitrogen and oxygen atoms in total. The summed E-state index contributed by atoms with van der Waals surface area (Å²) in [5.74, 6) is -0.349. The number of carboxylic acid groups (broad SMARTS) is 1. The van der Waals surface area contributed by atoms with Crippen molar-refractivity contribution in [2.75, 3.05) is 11.9 Å². The second-order valence-electron chi connectivity index (χ2n) is 5.82. The molecule has 0 bridgehead atoms. The molecule has 2 rings (SSSR count). The van der Waals surface area contributed by atoms with E-state index in [1.54, 1.807) is 25.2 Å². The van der Waals surface area contributed by atoms with Gasteiger partial charge in [0.05, 0.1) is 11.3 Å². The Morgan fingerprint density at radius 3 is 2.52 bits per heavy atom. The zero-order valence-corrected chi connectivity index (χ0v) is 12.5. The maximum Gasteiger partial charge on any atom is 0.337 e. The highest BCUT2D eigenvalue weighted by Gasteiger charge is 2.20. The molecule has 0 heterocycles. The van der Waals surface area contributed by atoms with E-state index in [0.717, 1.165) is 6.42 Å². The van der Waals surface area contributed by atoms with Gasteiger partial charge in [-0.15, -0.1) is 0 Å². The topological polar surface area (TPSA) is 57.6 Å². The molecule has 0 saturated heterocycles. The van der Waals surface area contributed by atoms with E-state index < -0.39 is 5.97 Å². The molecule has 0 atom stereocenters. The third-order valence-electron chi connectivity index (χ3n) is 4.36. The minimum Gasteiger partial charge on any atom is -0.478 e. The van der Waals surface area contributed by atoms with Crippen LogP contribution in [-0.4, -0.2) is 24.0 Å². The normalized spacial score (nSPS) is 15.7. The molecule has 1 aliphatic rings. The summed E-state index contributed by atoms with van der Waals surface area (Å²) in [5.41, 5.74) is 0.643. The first-order chi connectivity index (χ1) is 10.1. The number of carbonyl (C=O) groups is 2. The second kappa shape index (κ2) is 7.25. The molecule has 0 unspecified atom stereocenters. The summed E-state index contributed by atoms with van der Waals surface area (Å²) < 4.78 is 0. The molecule has 0 spiro atoms. The predicted molar refractivity (Wildman–Crippen MR) is 82.6 cm³/mol. The molecule has 0 aromatic heterocycles. The van der Waals surface area contributed by atoms with Crippen LogP contribution in [0.25, 0.3) is 0 Å². The number of rotatable bonds is 5. The quantitative estimate of drug-likeness (QED) is 0.899. The van der Waals surface area contributed by atoms with Gasteiger partial charge in [-0.05, 0) is 24.5 Å². The van der Waals surface area contributed by atoms with Crippen LogP contribution in [0.3, 0.4) is 0 Å². The predicted octanol–water partition coefficient (Wildman–Crippen LogP) is 3.71. The van der Waals surface area contributed by atoms with Crippen molar-refractivity contribution in [2.24, 2.45) is 5.92 Å². The summed E-state index contributed by atoms with van der Waals surface area (Å²) in [6.45, 7) is 0. The van der Waals surface area contributed by atoms with Gasteiger partial charge in [-0.3, -0.25) is 4.79 Å². The van der Waals surface area contributed by atoms with E-state index in [1.807, 2.05) is 0 Å². The third-order valence-corrected chi connectivity index (χ3v) is 4.36. The van der Waals surface area contributed by atoms with Crippen molar-refractivity contribution in [3.63, 3.8) is 0 Å². The van der Waals surface area contributed by atoms with Gasteiger partial charge in [0.25, 0.3) is 0 Å². The number of carbonyl (C=O) groups excluding carboxylic acids is 1. The van der Waals surface area contributed by atoms with E-state index in [2.05, 4.69) is 0 Å². The lowest BCUT2D eigenvalue weighted by molar-refractivity contribution is -0.118. The van der Waals surface area contributed by atoms with Crippen LogP contribution >= 0.6 is 0 Å². The van der Waals surface area contributed by atoms with Gasteiger partial charge in [-0.2, -0.15) is 0 Å². The second-order valence-corrected chi connectivity index (χ2v) is 5.82. The number of amides is 1. The van der Waals surface area contributed by atoms with E-state index in [-0.39, 0.29) is 11.5 Å². The lowest BCUT2D eigenvalue weighted by atomic mass is 9.86. The van der Waals surface area contributed by atoms with Gasteiger partial charge in [0.15, 0.2) is 0 Å². The Morgan fingerprint density at radius 1 is 1.19 bits per heavy atom. The first-order valence-electron chi connectivity index (χ1n) is 7.68. The molecule has 21 heavy (non-hydrogen) atoms. The summed E-state index contributed by atoms with van der Waals surface area (Å²) in [6, 6.07) is 6.64. The zero-order chi connectivity index (χ0) is 15.2. The van der Waals surface area contributed by atoms with E-state index in [9.17, 15) is 14.7 Å². The van der Waals surface area contributed by atoms with Crippen LogP contribution in [0.1, 0.15) is 55.3 Å². The molecule has 1 fully saturated rings. The molecule has 4 heteroatoms. The van der Waals surface area contributed by atoms with Gasteiger partial charge in [0, 0.05) is 13.5 Å². The smallest absolute Gasteiger partial charge is 0.337 e. The van der Waals surface area contributed by atoms with Gasteiger partial charge in [-0.1, -0.05) is 44.2 Å². The van der Waals surface area contributed by atoms with Crippen molar-refractivity contribution >= 4 is 17.6 Å².